The summed E-state index contributed by atoms with van der Waals surface area (Å²) in [5.41, 5.74) is 6.03. The summed E-state index contributed by atoms with van der Waals surface area (Å²) in [6, 6.07) is 11.5. The Morgan fingerprint density at radius 1 is 1.18 bits per heavy atom. The lowest BCUT2D eigenvalue weighted by molar-refractivity contribution is -0.0523. The van der Waals surface area contributed by atoms with E-state index < -0.39 is 22.6 Å². The first-order chi connectivity index (χ1) is 13.2. The number of primary amides is 1. The van der Waals surface area contributed by atoms with Gasteiger partial charge in [0.2, 0.25) is 15.9 Å². The van der Waals surface area contributed by atoms with Crippen molar-refractivity contribution in [1.82, 2.24) is 10.0 Å². The topological polar surface area (TPSA) is 153 Å². The molecule has 3 rings (SSSR count). The number of nitrogens with two attached hydrogens (primary N) is 2. The Morgan fingerprint density at radius 2 is 1.82 bits per heavy atom. The van der Waals surface area contributed by atoms with E-state index in [0.29, 0.717) is 10.6 Å². The molecule has 1 heterocycles. The Kier molecular flexibility index (Phi) is 5.38. The largest absolute Gasteiger partial charge is 0.438 e. The maximum Gasteiger partial charge on any atom is 0.339 e. The molecule has 0 bridgehead atoms. The number of carbonyl (C=O) groups excluding carboxylic acids is 1. The highest BCUT2D eigenvalue weighted by molar-refractivity contribution is 7.89. The lowest BCUT2D eigenvalue weighted by Gasteiger charge is -2.08. The van der Waals surface area contributed by atoms with Gasteiger partial charge in [0.1, 0.15) is 12.2 Å². The molecule has 0 saturated heterocycles. The Bertz CT molecular complexity index is 1130. The molecule has 0 unspecified atom stereocenters. The lowest BCUT2D eigenvalue weighted by atomic mass is 10.1. The van der Waals surface area contributed by atoms with Crippen molar-refractivity contribution in [3.63, 3.8) is 0 Å². The highest BCUT2D eigenvalue weighted by Crippen LogP contribution is 2.36. The summed E-state index contributed by atoms with van der Waals surface area (Å²) in [5.74, 6) is 0.0327. The van der Waals surface area contributed by atoms with Gasteiger partial charge in [-0.25, -0.2) is 23.3 Å². The summed E-state index contributed by atoms with van der Waals surface area (Å²) in [6.07, 6.45) is 0. The van der Waals surface area contributed by atoms with Crippen molar-refractivity contribution >= 4 is 27.7 Å². The Balaban J connectivity index is 2.21. The SMILES string of the molecule is NC(=O)N(O)Cc1nc(-c2ccc(Cl)cc2)c(-c2ccccc2S(N)(=O)=O)o1. The summed E-state index contributed by atoms with van der Waals surface area (Å²) >= 11 is 5.92. The van der Waals surface area contributed by atoms with Crippen LogP contribution in [0.4, 0.5) is 4.79 Å². The molecule has 0 radical (unpaired) electrons. The molecule has 0 atom stereocenters. The number of carbonyl (C=O) groups is 1. The van der Waals surface area contributed by atoms with E-state index in [0.717, 1.165) is 0 Å². The average molecular weight is 423 g/mol. The fraction of sp³-hybridized carbons (Fsp3) is 0.0588. The smallest absolute Gasteiger partial charge is 0.339 e. The number of hydrogen-bond acceptors (Lipinski definition) is 6. The quantitative estimate of drug-likeness (QED) is 0.424. The van der Waals surface area contributed by atoms with E-state index in [1.165, 1.54) is 18.2 Å². The van der Waals surface area contributed by atoms with Gasteiger partial charge < -0.3 is 10.2 Å². The van der Waals surface area contributed by atoms with Gasteiger partial charge in [0, 0.05) is 16.1 Å². The summed E-state index contributed by atoms with van der Waals surface area (Å²) in [5, 5.41) is 15.6. The molecular weight excluding hydrogens is 408 g/mol. The number of hydrogen-bond donors (Lipinski definition) is 3. The number of urea groups is 1. The van der Waals surface area contributed by atoms with Crippen molar-refractivity contribution in [2.24, 2.45) is 10.9 Å². The van der Waals surface area contributed by atoms with Crippen LogP contribution in [0.3, 0.4) is 0 Å². The molecule has 0 aliphatic carbocycles. The molecule has 0 aliphatic rings. The van der Waals surface area contributed by atoms with Gasteiger partial charge in [0.25, 0.3) is 0 Å². The van der Waals surface area contributed by atoms with Gasteiger partial charge in [-0.2, -0.15) is 5.06 Å². The van der Waals surface area contributed by atoms with E-state index in [4.69, 9.17) is 26.9 Å². The third-order valence-electron chi connectivity index (χ3n) is 3.77. The second kappa shape index (κ2) is 7.60. The molecule has 2 amide bonds. The third-order valence-corrected chi connectivity index (χ3v) is 4.99. The molecule has 0 fully saturated rings. The molecule has 11 heteroatoms. The molecule has 0 spiro atoms. The first kappa shape index (κ1) is 19.8. The van der Waals surface area contributed by atoms with Crippen molar-refractivity contribution in [2.75, 3.05) is 0 Å². The molecular formula is C17H15ClN4O5S. The first-order valence-electron chi connectivity index (χ1n) is 7.80. The normalized spacial score (nSPS) is 11.4. The van der Waals surface area contributed by atoms with E-state index in [2.05, 4.69) is 4.98 Å². The van der Waals surface area contributed by atoms with Gasteiger partial charge >= 0.3 is 6.03 Å². The highest BCUT2D eigenvalue weighted by atomic mass is 35.5. The Hall–Kier alpha value is -2.92. The number of amides is 2. The van der Waals surface area contributed by atoms with Crippen LogP contribution in [0.25, 0.3) is 22.6 Å². The number of sulfonamides is 1. The molecule has 2 aromatic carbocycles. The van der Waals surface area contributed by atoms with Crippen molar-refractivity contribution in [3.8, 4) is 22.6 Å². The van der Waals surface area contributed by atoms with E-state index in [9.17, 15) is 18.4 Å². The highest BCUT2D eigenvalue weighted by Gasteiger charge is 2.24. The van der Waals surface area contributed by atoms with Crippen molar-refractivity contribution in [2.45, 2.75) is 11.4 Å². The molecule has 3 aromatic rings. The first-order valence-corrected chi connectivity index (χ1v) is 9.73. The number of halogens is 1. The fourth-order valence-electron chi connectivity index (χ4n) is 2.53. The maximum absolute atomic E-state index is 12.0. The van der Waals surface area contributed by atoms with Crippen molar-refractivity contribution < 1.29 is 22.8 Å². The molecule has 146 valence electrons. The Morgan fingerprint density at radius 3 is 2.43 bits per heavy atom. The maximum atomic E-state index is 12.0. The van der Waals surface area contributed by atoms with Gasteiger partial charge in [0.15, 0.2) is 5.76 Å². The van der Waals surface area contributed by atoms with Crippen LogP contribution in [0.1, 0.15) is 5.89 Å². The van der Waals surface area contributed by atoms with Crippen LogP contribution < -0.4 is 10.9 Å². The number of nitrogens with zero attached hydrogens (tertiary/aromatic N) is 2. The minimum Gasteiger partial charge on any atom is -0.438 e. The van der Waals surface area contributed by atoms with Crippen LogP contribution in [0, 0.1) is 0 Å². The van der Waals surface area contributed by atoms with E-state index >= 15 is 0 Å². The summed E-state index contributed by atoms with van der Waals surface area (Å²) in [7, 11) is -4.06. The molecule has 1 aromatic heterocycles. The third kappa shape index (κ3) is 4.15. The van der Waals surface area contributed by atoms with Crippen molar-refractivity contribution in [1.29, 1.82) is 0 Å². The summed E-state index contributed by atoms with van der Waals surface area (Å²) in [6.45, 7) is -0.437. The van der Waals surface area contributed by atoms with Crippen LogP contribution in [0.15, 0.2) is 57.8 Å². The van der Waals surface area contributed by atoms with Gasteiger partial charge in [-0.1, -0.05) is 35.9 Å². The van der Waals surface area contributed by atoms with Crippen LogP contribution in [-0.2, 0) is 16.6 Å². The van der Waals surface area contributed by atoms with Crippen molar-refractivity contribution in [3.05, 3.63) is 59.4 Å². The molecule has 0 aliphatic heterocycles. The molecule has 5 N–H and O–H groups in total. The molecule has 9 nitrogen and oxygen atoms in total. The number of rotatable bonds is 5. The number of primary sulfonamides is 1. The van der Waals surface area contributed by atoms with Gasteiger partial charge in [0.05, 0.1) is 4.90 Å². The minimum atomic E-state index is -4.06. The average Bonchev–Trinajstić information content (AvgIpc) is 3.05. The number of oxazole rings is 1. The number of hydroxylamine groups is 2. The summed E-state index contributed by atoms with van der Waals surface area (Å²) in [4.78, 5) is 15.2. The lowest BCUT2D eigenvalue weighted by Crippen LogP contribution is -2.32. The number of benzene rings is 2. The zero-order valence-corrected chi connectivity index (χ0v) is 15.8. The second-order valence-corrected chi connectivity index (χ2v) is 7.70. The van der Waals surface area contributed by atoms with E-state index in [1.807, 2.05) is 0 Å². The van der Waals surface area contributed by atoms with Gasteiger partial charge in [-0.3, -0.25) is 5.21 Å². The molecule has 0 saturated carbocycles. The standard InChI is InChI=1S/C17H15ClN4O5S/c18-11-7-5-10(6-8-11)15-16(27-14(21-15)9-22(24)17(19)23)12-3-1-2-4-13(12)28(20,25)26/h1-8,24H,9H2,(H2,19,23)(H2,20,25,26). The summed E-state index contributed by atoms with van der Waals surface area (Å²) < 4.78 is 29.6. The molecule has 28 heavy (non-hydrogen) atoms. The van der Waals surface area contributed by atoms with Crippen LogP contribution in [0.5, 0.6) is 0 Å². The second-order valence-electron chi connectivity index (χ2n) is 5.73. The van der Waals surface area contributed by atoms with Crippen LogP contribution in [-0.4, -0.2) is 29.7 Å². The van der Waals surface area contributed by atoms with Gasteiger partial charge in [-0.15, -0.1) is 0 Å². The predicted molar refractivity (Wildman–Crippen MR) is 101 cm³/mol. The zero-order chi connectivity index (χ0) is 20.5. The monoisotopic (exact) mass is 422 g/mol. The number of aromatic nitrogens is 1. The van der Waals surface area contributed by atoms with E-state index in [-0.39, 0.29) is 32.9 Å². The van der Waals surface area contributed by atoms with E-state index in [1.54, 1.807) is 30.3 Å². The Labute approximate surface area is 165 Å². The van der Waals surface area contributed by atoms with Crippen LogP contribution in [0.2, 0.25) is 5.02 Å². The van der Waals surface area contributed by atoms with Gasteiger partial charge in [-0.05, 0) is 24.3 Å². The fourth-order valence-corrected chi connectivity index (χ4v) is 3.39. The van der Waals surface area contributed by atoms with Crippen LogP contribution >= 0.6 is 11.6 Å². The zero-order valence-electron chi connectivity index (χ0n) is 14.2. The minimum absolute atomic E-state index is 0.0644. The predicted octanol–water partition coefficient (Wildman–Crippen LogP) is 2.58.